The SMILES string of the molecule is COc1ccc(CNc2ccc3sccc3c2)cc1OC. The fraction of sp³-hybridized carbons (Fsp3) is 0.176. The summed E-state index contributed by atoms with van der Waals surface area (Å²) in [5.41, 5.74) is 2.27. The molecule has 0 bridgehead atoms. The van der Waals surface area contributed by atoms with Gasteiger partial charge < -0.3 is 14.8 Å². The first-order valence-electron chi connectivity index (χ1n) is 6.72. The van der Waals surface area contributed by atoms with Gasteiger partial charge in [0.2, 0.25) is 0 Å². The fourth-order valence-corrected chi connectivity index (χ4v) is 3.04. The van der Waals surface area contributed by atoms with Gasteiger partial charge in [0.15, 0.2) is 11.5 Å². The normalized spacial score (nSPS) is 10.6. The predicted octanol–water partition coefficient (Wildman–Crippen LogP) is 4.53. The van der Waals surface area contributed by atoms with Crippen LogP contribution in [0.5, 0.6) is 11.5 Å². The summed E-state index contributed by atoms with van der Waals surface area (Å²) in [6, 6.07) is 14.5. The van der Waals surface area contributed by atoms with Crippen LogP contribution in [0.25, 0.3) is 10.1 Å². The lowest BCUT2D eigenvalue weighted by Crippen LogP contribution is -2.00. The number of hydrogen-bond donors (Lipinski definition) is 1. The number of anilines is 1. The molecule has 0 saturated carbocycles. The number of nitrogens with one attached hydrogen (secondary N) is 1. The second kappa shape index (κ2) is 6.06. The van der Waals surface area contributed by atoms with Crippen molar-refractivity contribution < 1.29 is 9.47 Å². The van der Waals surface area contributed by atoms with Crippen molar-refractivity contribution in [1.82, 2.24) is 0 Å². The van der Waals surface area contributed by atoms with E-state index in [0.717, 1.165) is 29.3 Å². The molecule has 0 amide bonds. The minimum absolute atomic E-state index is 0.746. The number of fused-ring (bicyclic) bond motifs is 1. The molecule has 0 aliphatic carbocycles. The summed E-state index contributed by atoms with van der Waals surface area (Å²) >= 11 is 1.76. The highest BCUT2D eigenvalue weighted by molar-refractivity contribution is 7.17. The number of hydrogen-bond acceptors (Lipinski definition) is 4. The maximum absolute atomic E-state index is 5.32. The average molecular weight is 299 g/mol. The van der Waals surface area contributed by atoms with E-state index < -0.39 is 0 Å². The molecule has 1 aromatic heterocycles. The van der Waals surface area contributed by atoms with Crippen LogP contribution in [0.4, 0.5) is 5.69 Å². The molecule has 4 heteroatoms. The summed E-state index contributed by atoms with van der Waals surface area (Å²) in [4.78, 5) is 0. The summed E-state index contributed by atoms with van der Waals surface area (Å²) < 4.78 is 11.9. The second-order valence-electron chi connectivity index (χ2n) is 4.72. The van der Waals surface area contributed by atoms with E-state index in [2.05, 4.69) is 35.0 Å². The highest BCUT2D eigenvalue weighted by atomic mass is 32.1. The van der Waals surface area contributed by atoms with Crippen LogP contribution < -0.4 is 14.8 Å². The molecule has 3 nitrogen and oxygen atoms in total. The quantitative estimate of drug-likeness (QED) is 0.751. The molecular formula is C17H17NO2S. The average Bonchev–Trinajstić information content (AvgIpc) is 3.00. The van der Waals surface area contributed by atoms with E-state index in [-0.39, 0.29) is 0 Å². The highest BCUT2D eigenvalue weighted by Gasteiger charge is 2.04. The standard InChI is InChI=1S/C17H17NO2S/c1-19-15-5-3-12(9-16(15)20-2)11-18-14-4-6-17-13(10-14)7-8-21-17/h3-10,18H,11H2,1-2H3. The summed E-state index contributed by atoms with van der Waals surface area (Å²) in [5.74, 6) is 1.51. The van der Waals surface area contributed by atoms with E-state index in [1.807, 2.05) is 18.2 Å². The molecular weight excluding hydrogens is 282 g/mol. The van der Waals surface area contributed by atoms with Gasteiger partial charge in [0.1, 0.15) is 0 Å². The maximum atomic E-state index is 5.32. The molecule has 3 rings (SSSR count). The first kappa shape index (κ1) is 13.8. The van der Waals surface area contributed by atoms with Crippen LogP contribution in [-0.4, -0.2) is 14.2 Å². The first-order chi connectivity index (χ1) is 10.3. The summed E-state index contributed by atoms with van der Waals surface area (Å²) in [7, 11) is 3.30. The van der Waals surface area contributed by atoms with Crippen LogP contribution in [0.3, 0.4) is 0 Å². The highest BCUT2D eigenvalue weighted by Crippen LogP contribution is 2.28. The second-order valence-corrected chi connectivity index (χ2v) is 5.66. The number of ether oxygens (including phenoxy) is 2. The van der Waals surface area contributed by atoms with Gasteiger partial charge in [0, 0.05) is 16.9 Å². The van der Waals surface area contributed by atoms with E-state index in [4.69, 9.17) is 9.47 Å². The third-order valence-electron chi connectivity index (χ3n) is 3.40. The van der Waals surface area contributed by atoms with Crippen molar-refractivity contribution in [1.29, 1.82) is 0 Å². The lowest BCUT2D eigenvalue weighted by atomic mass is 10.2. The van der Waals surface area contributed by atoms with E-state index in [1.54, 1.807) is 25.6 Å². The molecule has 108 valence electrons. The molecule has 0 atom stereocenters. The van der Waals surface area contributed by atoms with Crippen LogP contribution in [-0.2, 0) is 6.54 Å². The van der Waals surface area contributed by atoms with Crippen molar-refractivity contribution in [3.05, 3.63) is 53.4 Å². The Bertz CT molecular complexity index is 751. The van der Waals surface area contributed by atoms with E-state index >= 15 is 0 Å². The van der Waals surface area contributed by atoms with Crippen LogP contribution in [0, 0.1) is 0 Å². The zero-order chi connectivity index (χ0) is 14.7. The Morgan fingerprint density at radius 3 is 2.62 bits per heavy atom. The zero-order valence-corrected chi connectivity index (χ0v) is 12.9. The number of benzene rings is 2. The van der Waals surface area contributed by atoms with Crippen molar-refractivity contribution in [2.75, 3.05) is 19.5 Å². The monoisotopic (exact) mass is 299 g/mol. The van der Waals surface area contributed by atoms with Gasteiger partial charge in [-0.15, -0.1) is 11.3 Å². The molecule has 0 unspecified atom stereocenters. The summed E-state index contributed by atoms with van der Waals surface area (Å²) in [5, 5.41) is 6.83. The lowest BCUT2D eigenvalue weighted by molar-refractivity contribution is 0.354. The molecule has 0 spiro atoms. The fourth-order valence-electron chi connectivity index (χ4n) is 2.27. The zero-order valence-electron chi connectivity index (χ0n) is 12.1. The van der Waals surface area contributed by atoms with E-state index in [9.17, 15) is 0 Å². The minimum Gasteiger partial charge on any atom is -0.493 e. The summed E-state index contributed by atoms with van der Waals surface area (Å²) in [6.45, 7) is 0.746. The predicted molar refractivity (Wildman–Crippen MR) is 88.7 cm³/mol. The van der Waals surface area contributed by atoms with Gasteiger partial charge in [-0.05, 0) is 52.7 Å². The largest absolute Gasteiger partial charge is 0.493 e. The van der Waals surface area contributed by atoms with Crippen molar-refractivity contribution >= 4 is 27.1 Å². The Morgan fingerprint density at radius 1 is 0.952 bits per heavy atom. The maximum Gasteiger partial charge on any atom is 0.161 e. The number of methoxy groups -OCH3 is 2. The van der Waals surface area contributed by atoms with Gasteiger partial charge in [0.25, 0.3) is 0 Å². The van der Waals surface area contributed by atoms with Gasteiger partial charge in [-0.3, -0.25) is 0 Å². The van der Waals surface area contributed by atoms with Crippen molar-refractivity contribution in [2.24, 2.45) is 0 Å². The van der Waals surface area contributed by atoms with Crippen molar-refractivity contribution in [3.8, 4) is 11.5 Å². The van der Waals surface area contributed by atoms with Gasteiger partial charge in [0.05, 0.1) is 14.2 Å². The molecule has 0 aliphatic rings. The van der Waals surface area contributed by atoms with Crippen LogP contribution in [0.1, 0.15) is 5.56 Å². The summed E-state index contributed by atoms with van der Waals surface area (Å²) in [6.07, 6.45) is 0. The molecule has 0 fully saturated rings. The number of thiophene rings is 1. The molecule has 3 aromatic rings. The van der Waals surface area contributed by atoms with Gasteiger partial charge in [-0.25, -0.2) is 0 Å². The van der Waals surface area contributed by atoms with Crippen LogP contribution >= 0.6 is 11.3 Å². The minimum atomic E-state index is 0.746. The molecule has 21 heavy (non-hydrogen) atoms. The molecule has 1 N–H and O–H groups in total. The Labute approximate surface area is 128 Å². The molecule has 0 saturated heterocycles. The molecule has 0 radical (unpaired) electrons. The Kier molecular flexibility index (Phi) is 3.97. The van der Waals surface area contributed by atoms with Gasteiger partial charge >= 0.3 is 0 Å². The van der Waals surface area contributed by atoms with Gasteiger partial charge in [-0.1, -0.05) is 6.07 Å². The topological polar surface area (TPSA) is 30.5 Å². The molecule has 2 aromatic carbocycles. The smallest absolute Gasteiger partial charge is 0.161 e. The van der Waals surface area contributed by atoms with Gasteiger partial charge in [-0.2, -0.15) is 0 Å². The Hall–Kier alpha value is -2.20. The van der Waals surface area contributed by atoms with Crippen molar-refractivity contribution in [3.63, 3.8) is 0 Å². The molecule has 0 aliphatic heterocycles. The van der Waals surface area contributed by atoms with Crippen molar-refractivity contribution in [2.45, 2.75) is 6.54 Å². The molecule has 1 heterocycles. The van der Waals surface area contributed by atoms with Crippen LogP contribution in [0.15, 0.2) is 47.8 Å². The lowest BCUT2D eigenvalue weighted by Gasteiger charge is -2.11. The Balaban J connectivity index is 1.74. The number of rotatable bonds is 5. The van der Waals surface area contributed by atoms with E-state index in [0.29, 0.717) is 0 Å². The first-order valence-corrected chi connectivity index (χ1v) is 7.60. The van der Waals surface area contributed by atoms with E-state index in [1.165, 1.54) is 10.1 Å². The Morgan fingerprint density at radius 2 is 1.81 bits per heavy atom. The third kappa shape index (κ3) is 2.95. The third-order valence-corrected chi connectivity index (χ3v) is 4.29. The van der Waals surface area contributed by atoms with Crippen LogP contribution in [0.2, 0.25) is 0 Å².